The number of nitrogens with zero attached hydrogens (tertiary/aromatic N) is 7. The van der Waals surface area contributed by atoms with Gasteiger partial charge in [0.25, 0.3) is 0 Å². The van der Waals surface area contributed by atoms with Gasteiger partial charge in [0.2, 0.25) is 0 Å². The van der Waals surface area contributed by atoms with Gasteiger partial charge < -0.3 is 5.32 Å². The second kappa shape index (κ2) is 7.68. The first-order valence-electron chi connectivity index (χ1n) is 9.36. The van der Waals surface area contributed by atoms with Gasteiger partial charge in [-0.1, -0.05) is 17.8 Å². The minimum atomic E-state index is 0.669. The van der Waals surface area contributed by atoms with Crippen molar-refractivity contribution in [1.29, 1.82) is 0 Å². The number of benzene rings is 1. The van der Waals surface area contributed by atoms with E-state index in [2.05, 4.69) is 72.6 Å². The van der Waals surface area contributed by atoms with Gasteiger partial charge in [-0.25, -0.2) is 29.4 Å². The van der Waals surface area contributed by atoms with Crippen LogP contribution in [-0.2, 0) is 6.42 Å². The van der Waals surface area contributed by atoms with E-state index in [1.165, 1.54) is 34.8 Å². The molecule has 0 unspecified atom stereocenters. The summed E-state index contributed by atoms with van der Waals surface area (Å²) in [6.07, 6.45) is 9.52. The second-order valence-corrected chi connectivity index (χ2v) is 7.63. The van der Waals surface area contributed by atoms with E-state index in [4.69, 9.17) is 0 Å². The summed E-state index contributed by atoms with van der Waals surface area (Å²) in [5.41, 5.74) is 6.87. The Balaban J connectivity index is 1.41. The average molecular weight is 414 g/mol. The quantitative estimate of drug-likeness (QED) is 0.343. The molecule has 0 bridgehead atoms. The molecule has 4 aromatic heterocycles. The van der Waals surface area contributed by atoms with Gasteiger partial charge in [-0.2, -0.15) is 5.10 Å². The molecular weight excluding hydrogens is 396 g/mol. The van der Waals surface area contributed by atoms with Crippen LogP contribution in [0.3, 0.4) is 0 Å². The number of rotatable bonds is 5. The lowest BCUT2D eigenvalue weighted by Crippen LogP contribution is -2.00. The lowest BCUT2D eigenvalue weighted by Gasteiger charge is -2.11. The van der Waals surface area contributed by atoms with Crippen LogP contribution in [0.15, 0.2) is 60.5 Å². The normalized spacial score (nSPS) is 11.3. The monoisotopic (exact) mass is 414 g/mol. The van der Waals surface area contributed by atoms with Crippen LogP contribution in [0.25, 0.3) is 16.7 Å². The molecule has 8 nitrogen and oxygen atoms in total. The van der Waals surface area contributed by atoms with Crippen molar-refractivity contribution in [3.05, 3.63) is 72.1 Å². The standard InChI is InChI=1S/C21H18N8S/c1-13-7-16(27-20-19-17(23-11-25-20)10-22-21(28-19)30-2)4-3-15(13)8-14-5-6-29-18(9-14)24-12-26-29/h3-7,9-12H,8H2,1-2H3,(H,23,25,27). The Labute approximate surface area is 176 Å². The predicted octanol–water partition coefficient (Wildman–Crippen LogP) is 3.83. The van der Waals surface area contributed by atoms with E-state index >= 15 is 0 Å². The molecule has 0 spiro atoms. The molecule has 148 valence electrons. The number of anilines is 2. The SMILES string of the molecule is CSc1ncc2ncnc(Nc3ccc(Cc4ccn5ncnc5c4)c(C)c3)c2n1. The van der Waals surface area contributed by atoms with Gasteiger partial charge >= 0.3 is 0 Å². The van der Waals surface area contributed by atoms with Crippen molar-refractivity contribution in [3.8, 4) is 0 Å². The van der Waals surface area contributed by atoms with Crippen LogP contribution in [0.5, 0.6) is 0 Å². The van der Waals surface area contributed by atoms with Crippen LogP contribution in [-0.4, -0.2) is 40.8 Å². The third kappa shape index (κ3) is 3.55. The minimum Gasteiger partial charge on any atom is -0.338 e. The zero-order valence-electron chi connectivity index (χ0n) is 16.4. The highest BCUT2D eigenvalue weighted by molar-refractivity contribution is 7.98. The third-order valence-electron chi connectivity index (χ3n) is 4.88. The number of pyridine rings is 1. The number of aryl methyl sites for hydroxylation is 1. The number of hydrogen-bond acceptors (Lipinski definition) is 8. The molecule has 0 atom stereocenters. The Morgan fingerprint density at radius 2 is 1.97 bits per heavy atom. The summed E-state index contributed by atoms with van der Waals surface area (Å²) in [6, 6.07) is 10.5. The molecule has 0 aliphatic heterocycles. The van der Waals surface area contributed by atoms with Crippen molar-refractivity contribution in [2.24, 2.45) is 0 Å². The van der Waals surface area contributed by atoms with Gasteiger partial charge in [-0.05, 0) is 60.6 Å². The van der Waals surface area contributed by atoms with E-state index in [0.717, 1.165) is 17.8 Å². The zero-order chi connectivity index (χ0) is 20.5. The van der Waals surface area contributed by atoms with E-state index in [0.29, 0.717) is 22.0 Å². The molecule has 1 N–H and O–H groups in total. The lowest BCUT2D eigenvalue weighted by molar-refractivity contribution is 0.953. The summed E-state index contributed by atoms with van der Waals surface area (Å²) in [4.78, 5) is 21.7. The fraction of sp³-hybridized carbons (Fsp3) is 0.143. The Kier molecular flexibility index (Phi) is 4.72. The first-order chi connectivity index (χ1) is 14.7. The molecule has 5 aromatic rings. The molecule has 0 aliphatic carbocycles. The van der Waals surface area contributed by atoms with Crippen LogP contribution in [0.4, 0.5) is 11.5 Å². The predicted molar refractivity (Wildman–Crippen MR) is 117 cm³/mol. The van der Waals surface area contributed by atoms with Crippen molar-refractivity contribution in [2.45, 2.75) is 18.5 Å². The van der Waals surface area contributed by atoms with Gasteiger partial charge in [0.1, 0.15) is 23.7 Å². The highest BCUT2D eigenvalue weighted by Crippen LogP contribution is 2.25. The van der Waals surface area contributed by atoms with Crippen LogP contribution >= 0.6 is 11.8 Å². The number of thioether (sulfide) groups is 1. The van der Waals surface area contributed by atoms with Gasteiger partial charge in [-0.3, -0.25) is 0 Å². The minimum absolute atomic E-state index is 0.669. The number of aromatic nitrogens is 7. The van der Waals surface area contributed by atoms with Crippen LogP contribution in [0.2, 0.25) is 0 Å². The Morgan fingerprint density at radius 3 is 2.83 bits per heavy atom. The van der Waals surface area contributed by atoms with Crippen molar-refractivity contribution < 1.29 is 0 Å². The van der Waals surface area contributed by atoms with Gasteiger partial charge in [0.15, 0.2) is 16.6 Å². The Morgan fingerprint density at radius 1 is 1.03 bits per heavy atom. The smallest absolute Gasteiger partial charge is 0.188 e. The average Bonchev–Trinajstić information content (AvgIpc) is 3.23. The number of nitrogens with one attached hydrogen (secondary N) is 1. The molecule has 0 radical (unpaired) electrons. The van der Waals surface area contributed by atoms with Crippen LogP contribution < -0.4 is 5.32 Å². The summed E-state index contributed by atoms with van der Waals surface area (Å²) in [7, 11) is 0. The van der Waals surface area contributed by atoms with Crippen molar-refractivity contribution in [2.75, 3.05) is 11.6 Å². The summed E-state index contributed by atoms with van der Waals surface area (Å²) in [5.74, 6) is 0.669. The van der Waals surface area contributed by atoms with Crippen LogP contribution in [0, 0.1) is 6.92 Å². The number of hydrogen-bond donors (Lipinski definition) is 1. The summed E-state index contributed by atoms with van der Waals surface area (Å²) in [6.45, 7) is 2.11. The molecule has 0 aliphatic rings. The molecule has 4 heterocycles. The second-order valence-electron chi connectivity index (χ2n) is 6.85. The van der Waals surface area contributed by atoms with Crippen LogP contribution in [0.1, 0.15) is 16.7 Å². The maximum Gasteiger partial charge on any atom is 0.188 e. The summed E-state index contributed by atoms with van der Waals surface area (Å²) < 4.78 is 1.77. The highest BCUT2D eigenvalue weighted by Gasteiger charge is 2.09. The molecule has 0 saturated carbocycles. The molecule has 0 saturated heterocycles. The summed E-state index contributed by atoms with van der Waals surface area (Å²) >= 11 is 1.49. The number of fused-ring (bicyclic) bond motifs is 2. The maximum atomic E-state index is 4.56. The lowest BCUT2D eigenvalue weighted by atomic mass is 10.0. The van der Waals surface area contributed by atoms with E-state index in [9.17, 15) is 0 Å². The molecule has 30 heavy (non-hydrogen) atoms. The molecular formula is C21H18N8S. The van der Waals surface area contributed by atoms with Crippen molar-refractivity contribution in [3.63, 3.8) is 0 Å². The Bertz CT molecular complexity index is 1360. The highest BCUT2D eigenvalue weighted by atomic mass is 32.2. The molecule has 5 rings (SSSR count). The molecule has 1 aromatic carbocycles. The third-order valence-corrected chi connectivity index (χ3v) is 5.44. The fourth-order valence-corrected chi connectivity index (χ4v) is 3.66. The zero-order valence-corrected chi connectivity index (χ0v) is 17.3. The Hall–Kier alpha value is -3.59. The molecule has 0 amide bonds. The largest absolute Gasteiger partial charge is 0.338 e. The molecule has 0 fully saturated rings. The van der Waals surface area contributed by atoms with Crippen molar-refractivity contribution >= 4 is 39.9 Å². The first-order valence-corrected chi connectivity index (χ1v) is 10.6. The van der Waals surface area contributed by atoms with E-state index in [-0.39, 0.29) is 0 Å². The topological polar surface area (TPSA) is 93.8 Å². The van der Waals surface area contributed by atoms with Gasteiger partial charge in [-0.15, -0.1) is 0 Å². The van der Waals surface area contributed by atoms with Crippen molar-refractivity contribution in [1.82, 2.24) is 34.5 Å². The van der Waals surface area contributed by atoms with Gasteiger partial charge in [0.05, 0.1) is 6.20 Å². The van der Waals surface area contributed by atoms with E-state index in [1.807, 2.05) is 12.5 Å². The maximum absolute atomic E-state index is 4.56. The van der Waals surface area contributed by atoms with Gasteiger partial charge in [0, 0.05) is 11.9 Å². The molecule has 9 heteroatoms. The van der Waals surface area contributed by atoms with E-state index in [1.54, 1.807) is 17.0 Å². The first kappa shape index (κ1) is 18.4. The van der Waals surface area contributed by atoms with E-state index < -0.39 is 0 Å². The summed E-state index contributed by atoms with van der Waals surface area (Å²) in [5, 5.41) is 8.21. The fourth-order valence-electron chi connectivity index (χ4n) is 3.32.